The van der Waals surface area contributed by atoms with Crippen molar-refractivity contribution in [3.05, 3.63) is 35.4 Å². The van der Waals surface area contributed by atoms with Gasteiger partial charge in [-0.05, 0) is 57.7 Å². The van der Waals surface area contributed by atoms with E-state index in [4.69, 9.17) is 9.47 Å². The number of benzene rings is 1. The summed E-state index contributed by atoms with van der Waals surface area (Å²) in [6, 6.07) is 5.65. The summed E-state index contributed by atoms with van der Waals surface area (Å²) in [5.74, 6) is 2.20. The molecule has 1 aromatic rings. The lowest BCUT2D eigenvalue weighted by Crippen LogP contribution is -2.37. The molecule has 0 aliphatic carbocycles. The predicted octanol–water partition coefficient (Wildman–Crippen LogP) is 3.78. The molecular formula is C22H34N2O3. The third-order valence-electron chi connectivity index (χ3n) is 5.32. The first-order valence-electron chi connectivity index (χ1n) is 9.87. The van der Waals surface area contributed by atoms with E-state index in [2.05, 4.69) is 30.1 Å². The van der Waals surface area contributed by atoms with Crippen LogP contribution in [-0.4, -0.2) is 44.7 Å². The van der Waals surface area contributed by atoms with Crippen molar-refractivity contribution in [1.82, 2.24) is 10.2 Å². The molecule has 0 radical (unpaired) electrons. The molecule has 5 heteroatoms. The Hall–Kier alpha value is -2.01. The Morgan fingerprint density at radius 2 is 2.15 bits per heavy atom. The summed E-state index contributed by atoms with van der Waals surface area (Å²) in [7, 11) is 3.26. The van der Waals surface area contributed by atoms with Gasteiger partial charge in [0.15, 0.2) is 0 Å². The zero-order chi connectivity index (χ0) is 19.6. The van der Waals surface area contributed by atoms with E-state index in [1.54, 1.807) is 14.2 Å². The summed E-state index contributed by atoms with van der Waals surface area (Å²) in [6.07, 6.45) is 6.18. The molecule has 27 heavy (non-hydrogen) atoms. The highest BCUT2D eigenvalue weighted by molar-refractivity contribution is 5.75. The topological polar surface area (TPSA) is 50.8 Å². The van der Waals surface area contributed by atoms with Crippen LogP contribution in [0.4, 0.5) is 0 Å². The fraction of sp³-hybridized carbons (Fsp3) is 0.591. The van der Waals surface area contributed by atoms with Crippen molar-refractivity contribution in [2.24, 2.45) is 5.92 Å². The molecule has 1 heterocycles. The van der Waals surface area contributed by atoms with Crippen LogP contribution >= 0.6 is 0 Å². The molecule has 2 rings (SSSR count). The van der Waals surface area contributed by atoms with Crippen molar-refractivity contribution in [2.45, 2.75) is 46.1 Å². The summed E-state index contributed by atoms with van der Waals surface area (Å²) in [5, 5.41) is 3.02. The van der Waals surface area contributed by atoms with Gasteiger partial charge in [0.1, 0.15) is 11.5 Å². The second-order valence-electron chi connectivity index (χ2n) is 7.37. The van der Waals surface area contributed by atoms with E-state index in [9.17, 15) is 4.79 Å². The van der Waals surface area contributed by atoms with E-state index in [-0.39, 0.29) is 5.91 Å². The number of likely N-dealkylation sites (tertiary alicyclic amines) is 1. The monoisotopic (exact) mass is 374 g/mol. The Morgan fingerprint density at radius 3 is 2.85 bits per heavy atom. The van der Waals surface area contributed by atoms with Gasteiger partial charge in [0.05, 0.1) is 14.2 Å². The van der Waals surface area contributed by atoms with Gasteiger partial charge in [-0.1, -0.05) is 11.6 Å². The smallest absolute Gasteiger partial charge is 0.220 e. The van der Waals surface area contributed by atoms with E-state index in [1.165, 1.54) is 25.0 Å². The van der Waals surface area contributed by atoms with Gasteiger partial charge in [0.2, 0.25) is 5.91 Å². The second kappa shape index (κ2) is 11.0. The van der Waals surface area contributed by atoms with Crippen molar-refractivity contribution in [3.63, 3.8) is 0 Å². The normalized spacial score (nSPS) is 18.2. The molecule has 0 aromatic heterocycles. The highest BCUT2D eigenvalue weighted by Gasteiger charge is 2.20. The number of nitrogens with one attached hydrogen (secondary N) is 1. The van der Waals surface area contributed by atoms with E-state index < -0.39 is 0 Å². The Labute approximate surface area is 163 Å². The van der Waals surface area contributed by atoms with Crippen molar-refractivity contribution in [2.75, 3.05) is 33.9 Å². The average molecular weight is 375 g/mol. The molecule has 1 aliphatic rings. The number of methoxy groups -OCH3 is 2. The van der Waals surface area contributed by atoms with E-state index in [1.807, 2.05) is 18.2 Å². The maximum absolute atomic E-state index is 12.3. The van der Waals surface area contributed by atoms with Gasteiger partial charge in [-0.2, -0.15) is 0 Å². The van der Waals surface area contributed by atoms with Crippen LogP contribution in [-0.2, 0) is 11.3 Å². The lowest BCUT2D eigenvalue weighted by atomic mass is 9.93. The van der Waals surface area contributed by atoms with Crippen LogP contribution < -0.4 is 14.8 Å². The first kappa shape index (κ1) is 21.3. The lowest BCUT2D eigenvalue weighted by molar-refractivity contribution is -0.121. The van der Waals surface area contributed by atoms with Gasteiger partial charge in [0, 0.05) is 37.7 Å². The Bertz CT molecular complexity index is 642. The van der Waals surface area contributed by atoms with Gasteiger partial charge in [-0.25, -0.2) is 0 Å². The third kappa shape index (κ3) is 6.90. The number of allylic oxidation sites excluding steroid dienone is 1. The fourth-order valence-electron chi connectivity index (χ4n) is 3.59. The molecule has 0 spiro atoms. The zero-order valence-corrected chi connectivity index (χ0v) is 17.2. The number of carbonyl (C=O) groups excluding carboxylic acids is 1. The largest absolute Gasteiger partial charge is 0.497 e. The molecule has 1 N–H and O–H groups in total. The molecular weight excluding hydrogens is 340 g/mol. The average Bonchev–Trinajstić information content (AvgIpc) is 2.70. The van der Waals surface area contributed by atoms with Crippen LogP contribution in [0.15, 0.2) is 29.8 Å². The van der Waals surface area contributed by atoms with E-state index >= 15 is 0 Å². The number of piperidine rings is 1. The number of hydrogen-bond acceptors (Lipinski definition) is 4. The molecule has 1 fully saturated rings. The summed E-state index contributed by atoms with van der Waals surface area (Å²) in [5.41, 5.74) is 2.37. The number of ether oxygens (including phenoxy) is 2. The van der Waals surface area contributed by atoms with Gasteiger partial charge < -0.3 is 14.8 Å². The third-order valence-corrected chi connectivity index (χ3v) is 5.32. The van der Waals surface area contributed by atoms with Crippen LogP contribution in [0.1, 0.15) is 45.1 Å². The molecule has 1 amide bonds. The molecule has 0 unspecified atom stereocenters. The molecule has 5 nitrogen and oxygen atoms in total. The molecule has 1 aliphatic heterocycles. The van der Waals surface area contributed by atoms with Crippen LogP contribution in [0.3, 0.4) is 0 Å². The molecule has 150 valence electrons. The quantitative estimate of drug-likeness (QED) is 0.669. The van der Waals surface area contributed by atoms with Crippen LogP contribution in [0.5, 0.6) is 11.5 Å². The number of carbonyl (C=O) groups is 1. The van der Waals surface area contributed by atoms with Crippen molar-refractivity contribution in [1.29, 1.82) is 0 Å². The second-order valence-corrected chi connectivity index (χ2v) is 7.37. The standard InChI is InChI=1S/C22H34N2O3/c1-5-17(2)15-24-12-6-7-18(16-24)8-11-22(25)23-14-19-9-10-20(26-3)13-21(19)27-4/h5,9-10,13,18H,6-8,11-12,14-16H2,1-4H3,(H,23,25)/b17-5+/t18-/m1/s1. The number of hydrogen-bond donors (Lipinski definition) is 1. The fourth-order valence-corrected chi connectivity index (χ4v) is 3.59. The van der Waals surface area contributed by atoms with Crippen molar-refractivity contribution < 1.29 is 14.3 Å². The molecule has 1 saturated heterocycles. The summed E-state index contributed by atoms with van der Waals surface area (Å²) in [4.78, 5) is 14.8. The summed E-state index contributed by atoms with van der Waals surface area (Å²) in [6.45, 7) is 8.08. The maximum atomic E-state index is 12.3. The summed E-state index contributed by atoms with van der Waals surface area (Å²) < 4.78 is 10.6. The minimum absolute atomic E-state index is 0.106. The zero-order valence-electron chi connectivity index (χ0n) is 17.2. The maximum Gasteiger partial charge on any atom is 0.220 e. The van der Waals surface area contributed by atoms with Gasteiger partial charge >= 0.3 is 0 Å². The predicted molar refractivity (Wildman–Crippen MR) is 109 cm³/mol. The number of amides is 1. The molecule has 1 atom stereocenters. The lowest BCUT2D eigenvalue weighted by Gasteiger charge is -2.32. The van der Waals surface area contributed by atoms with Crippen molar-refractivity contribution >= 4 is 5.91 Å². The van der Waals surface area contributed by atoms with E-state index in [0.29, 0.717) is 18.9 Å². The number of rotatable bonds is 9. The Balaban J connectivity index is 1.76. The highest BCUT2D eigenvalue weighted by Crippen LogP contribution is 2.25. The minimum atomic E-state index is 0.106. The summed E-state index contributed by atoms with van der Waals surface area (Å²) >= 11 is 0. The van der Waals surface area contributed by atoms with E-state index in [0.717, 1.165) is 36.6 Å². The SMILES string of the molecule is C/C=C(\C)CN1CCC[C@H](CCC(=O)NCc2ccc(OC)cc2OC)C1. The van der Waals surface area contributed by atoms with Gasteiger partial charge in [-0.15, -0.1) is 0 Å². The highest BCUT2D eigenvalue weighted by atomic mass is 16.5. The van der Waals surface area contributed by atoms with Crippen LogP contribution in [0.2, 0.25) is 0 Å². The van der Waals surface area contributed by atoms with Gasteiger partial charge in [-0.3, -0.25) is 9.69 Å². The minimum Gasteiger partial charge on any atom is -0.497 e. The molecule has 0 saturated carbocycles. The molecule has 0 bridgehead atoms. The molecule has 1 aromatic carbocycles. The van der Waals surface area contributed by atoms with Crippen LogP contribution in [0.25, 0.3) is 0 Å². The van der Waals surface area contributed by atoms with Gasteiger partial charge in [0.25, 0.3) is 0 Å². The first-order valence-corrected chi connectivity index (χ1v) is 9.87. The first-order chi connectivity index (χ1) is 13.0. The Morgan fingerprint density at radius 1 is 1.33 bits per heavy atom. The number of nitrogens with zero attached hydrogens (tertiary/aromatic N) is 1. The van der Waals surface area contributed by atoms with Crippen LogP contribution in [0, 0.1) is 5.92 Å². The van der Waals surface area contributed by atoms with Crippen molar-refractivity contribution in [3.8, 4) is 11.5 Å². The Kier molecular flexibility index (Phi) is 8.65.